The summed E-state index contributed by atoms with van der Waals surface area (Å²) in [5.74, 6) is -0.659. The van der Waals surface area contributed by atoms with Gasteiger partial charge in [0.25, 0.3) is 5.91 Å². The Balaban J connectivity index is 1.58. The zero-order valence-electron chi connectivity index (χ0n) is 14.7. The standard InChI is InChI=1S/C21H19N3O3/c25-19-15-24-18(13-22(19)11-16-7-3-1-4-8-16)21(27)23(14-20(24)26)12-17-9-5-2-6-10-17/h1-10,13H,11-12,14-15H2. The first-order valence-electron chi connectivity index (χ1n) is 8.80. The highest BCUT2D eigenvalue weighted by molar-refractivity contribution is 6.05. The molecule has 3 amide bonds. The van der Waals surface area contributed by atoms with Crippen LogP contribution in [0.25, 0.3) is 0 Å². The van der Waals surface area contributed by atoms with E-state index in [0.29, 0.717) is 13.1 Å². The normalized spacial score (nSPS) is 17.1. The van der Waals surface area contributed by atoms with Gasteiger partial charge < -0.3 is 9.80 Å². The van der Waals surface area contributed by atoms with Crippen LogP contribution in [-0.4, -0.2) is 45.5 Å². The van der Waals surface area contributed by atoms with Crippen LogP contribution < -0.4 is 0 Å². The lowest BCUT2D eigenvalue weighted by molar-refractivity contribution is -0.150. The number of benzene rings is 2. The Kier molecular flexibility index (Phi) is 4.46. The number of hydrogen-bond donors (Lipinski definition) is 0. The van der Waals surface area contributed by atoms with Crippen molar-refractivity contribution in [2.75, 3.05) is 13.1 Å². The molecule has 0 radical (unpaired) electrons. The van der Waals surface area contributed by atoms with E-state index in [9.17, 15) is 14.4 Å². The van der Waals surface area contributed by atoms with Gasteiger partial charge in [0.1, 0.15) is 18.8 Å². The maximum Gasteiger partial charge on any atom is 0.272 e. The Labute approximate surface area is 157 Å². The molecule has 0 saturated carbocycles. The highest BCUT2D eigenvalue weighted by Gasteiger charge is 2.39. The molecule has 0 atom stereocenters. The van der Waals surface area contributed by atoms with Crippen molar-refractivity contribution in [2.45, 2.75) is 13.1 Å². The summed E-state index contributed by atoms with van der Waals surface area (Å²) in [4.78, 5) is 42.2. The molecular formula is C21H19N3O3. The first-order valence-corrected chi connectivity index (χ1v) is 8.80. The molecule has 6 heteroatoms. The minimum absolute atomic E-state index is 0.0168. The highest BCUT2D eigenvalue weighted by Crippen LogP contribution is 2.23. The topological polar surface area (TPSA) is 60.9 Å². The fraction of sp³-hybridized carbons (Fsp3) is 0.190. The van der Waals surface area contributed by atoms with E-state index in [2.05, 4.69) is 0 Å². The average molecular weight is 361 g/mol. The van der Waals surface area contributed by atoms with Crippen molar-refractivity contribution in [3.05, 3.63) is 83.7 Å². The van der Waals surface area contributed by atoms with Crippen molar-refractivity contribution in [2.24, 2.45) is 0 Å². The van der Waals surface area contributed by atoms with Crippen LogP contribution in [0.5, 0.6) is 0 Å². The second-order valence-corrected chi connectivity index (χ2v) is 6.65. The van der Waals surface area contributed by atoms with Crippen LogP contribution in [0.15, 0.2) is 72.6 Å². The summed E-state index contributed by atoms with van der Waals surface area (Å²) in [6.07, 6.45) is 1.51. The molecule has 6 nitrogen and oxygen atoms in total. The first-order chi connectivity index (χ1) is 13.1. The fourth-order valence-corrected chi connectivity index (χ4v) is 3.32. The molecule has 1 saturated heterocycles. The number of fused-ring (bicyclic) bond motifs is 1. The molecule has 136 valence electrons. The van der Waals surface area contributed by atoms with Gasteiger partial charge >= 0.3 is 0 Å². The highest BCUT2D eigenvalue weighted by atomic mass is 16.2. The molecule has 27 heavy (non-hydrogen) atoms. The Morgan fingerprint density at radius 2 is 1.30 bits per heavy atom. The van der Waals surface area contributed by atoms with Gasteiger partial charge in [-0.25, -0.2) is 0 Å². The summed E-state index contributed by atoms with van der Waals surface area (Å²) in [6, 6.07) is 19.1. The fourth-order valence-electron chi connectivity index (χ4n) is 3.32. The number of rotatable bonds is 4. The molecule has 0 aliphatic carbocycles. The summed E-state index contributed by atoms with van der Waals surface area (Å²) in [7, 11) is 0. The molecule has 4 rings (SSSR count). The zero-order valence-corrected chi connectivity index (χ0v) is 14.7. The number of amides is 3. The lowest BCUT2D eigenvalue weighted by Gasteiger charge is -2.39. The van der Waals surface area contributed by atoms with Crippen LogP contribution in [-0.2, 0) is 27.5 Å². The van der Waals surface area contributed by atoms with Crippen molar-refractivity contribution in [1.29, 1.82) is 0 Å². The van der Waals surface area contributed by atoms with Gasteiger partial charge in [-0.15, -0.1) is 0 Å². The third kappa shape index (κ3) is 3.46. The van der Waals surface area contributed by atoms with Gasteiger partial charge in [0, 0.05) is 12.7 Å². The SMILES string of the molecule is O=C1CN2C(=O)CN(Cc3ccccc3)C(=O)C2=CN1Cc1ccccc1. The maximum absolute atomic E-state index is 12.9. The number of nitrogens with zero attached hydrogens (tertiary/aromatic N) is 3. The van der Waals surface area contributed by atoms with E-state index in [1.54, 1.807) is 0 Å². The quantitative estimate of drug-likeness (QED) is 0.833. The van der Waals surface area contributed by atoms with E-state index in [-0.39, 0.29) is 36.5 Å². The van der Waals surface area contributed by atoms with Crippen LogP contribution in [0.2, 0.25) is 0 Å². The molecule has 2 aromatic carbocycles. The van der Waals surface area contributed by atoms with Crippen LogP contribution in [0.3, 0.4) is 0 Å². The van der Waals surface area contributed by atoms with Crippen molar-refractivity contribution >= 4 is 17.7 Å². The Morgan fingerprint density at radius 3 is 1.93 bits per heavy atom. The molecule has 2 aliphatic heterocycles. The first kappa shape index (κ1) is 17.0. The van der Waals surface area contributed by atoms with E-state index < -0.39 is 0 Å². The summed E-state index contributed by atoms with van der Waals surface area (Å²) in [6.45, 7) is 0.625. The van der Waals surface area contributed by atoms with Crippen LogP contribution in [0.4, 0.5) is 0 Å². The van der Waals surface area contributed by atoms with Gasteiger partial charge in [0.05, 0.1) is 6.54 Å². The number of carbonyl (C=O) groups is 3. The monoisotopic (exact) mass is 361 g/mol. The molecule has 0 spiro atoms. The summed E-state index contributed by atoms with van der Waals surface area (Å²) in [5.41, 5.74) is 2.19. The maximum atomic E-state index is 12.9. The molecule has 1 fully saturated rings. The molecule has 0 unspecified atom stereocenters. The minimum Gasteiger partial charge on any atom is -0.324 e. The molecule has 0 N–H and O–H groups in total. The van der Waals surface area contributed by atoms with Crippen molar-refractivity contribution in [3.63, 3.8) is 0 Å². The Morgan fingerprint density at radius 1 is 0.704 bits per heavy atom. The van der Waals surface area contributed by atoms with Crippen LogP contribution in [0.1, 0.15) is 11.1 Å². The van der Waals surface area contributed by atoms with Gasteiger partial charge in [0.15, 0.2) is 0 Å². The molecule has 2 aliphatic rings. The van der Waals surface area contributed by atoms with E-state index in [1.807, 2.05) is 60.7 Å². The minimum atomic E-state index is -0.232. The molecular weight excluding hydrogens is 342 g/mol. The van der Waals surface area contributed by atoms with Crippen LogP contribution >= 0.6 is 0 Å². The van der Waals surface area contributed by atoms with Crippen molar-refractivity contribution in [1.82, 2.24) is 14.7 Å². The van der Waals surface area contributed by atoms with E-state index in [1.165, 1.54) is 20.9 Å². The third-order valence-electron chi connectivity index (χ3n) is 4.73. The molecule has 0 aromatic heterocycles. The van der Waals surface area contributed by atoms with Gasteiger partial charge in [-0.1, -0.05) is 60.7 Å². The second-order valence-electron chi connectivity index (χ2n) is 6.65. The lowest BCUT2D eigenvalue weighted by Crippen LogP contribution is -2.56. The average Bonchev–Trinajstić information content (AvgIpc) is 2.69. The predicted molar refractivity (Wildman–Crippen MR) is 98.6 cm³/mol. The summed E-state index contributed by atoms with van der Waals surface area (Å²) >= 11 is 0. The van der Waals surface area contributed by atoms with Gasteiger partial charge in [-0.2, -0.15) is 0 Å². The number of carbonyl (C=O) groups excluding carboxylic acids is 3. The zero-order chi connectivity index (χ0) is 18.8. The Bertz CT molecular complexity index is 909. The van der Waals surface area contributed by atoms with Crippen molar-refractivity contribution in [3.8, 4) is 0 Å². The summed E-state index contributed by atoms with van der Waals surface area (Å²) < 4.78 is 0. The molecule has 2 aromatic rings. The van der Waals surface area contributed by atoms with Crippen molar-refractivity contribution < 1.29 is 14.4 Å². The second kappa shape index (κ2) is 7.07. The van der Waals surface area contributed by atoms with Gasteiger partial charge in [0.2, 0.25) is 11.8 Å². The predicted octanol–water partition coefficient (Wildman–Crippen LogP) is 1.74. The Hall–Kier alpha value is -3.41. The van der Waals surface area contributed by atoms with Gasteiger partial charge in [-0.3, -0.25) is 19.3 Å². The lowest BCUT2D eigenvalue weighted by atomic mass is 10.1. The number of hydrogen-bond acceptors (Lipinski definition) is 3. The van der Waals surface area contributed by atoms with E-state index in [4.69, 9.17) is 0 Å². The van der Waals surface area contributed by atoms with Gasteiger partial charge in [-0.05, 0) is 11.1 Å². The van der Waals surface area contributed by atoms with Crippen LogP contribution in [0, 0.1) is 0 Å². The smallest absolute Gasteiger partial charge is 0.272 e. The summed E-state index contributed by atoms with van der Waals surface area (Å²) in [5, 5.41) is 0. The third-order valence-corrected chi connectivity index (χ3v) is 4.73. The molecule has 2 heterocycles. The van der Waals surface area contributed by atoms with E-state index in [0.717, 1.165) is 11.1 Å². The number of piperazine rings is 1. The largest absolute Gasteiger partial charge is 0.324 e. The van der Waals surface area contributed by atoms with E-state index >= 15 is 0 Å². The molecule has 0 bridgehead atoms.